The molecule has 0 radical (unpaired) electrons. The maximum atomic E-state index is 12.7. The van der Waals surface area contributed by atoms with Crippen molar-refractivity contribution in [3.8, 4) is 5.88 Å². The SMILES string of the molecule is COc1cc(NS(=O)(=O)c2ccc(N=Nc3c(C)[nH]n(C(=O)c4ccc(Cl)cc4)c3=O)cc2)nc(C)n1. The summed E-state index contributed by atoms with van der Waals surface area (Å²) >= 11 is 5.85. The van der Waals surface area contributed by atoms with Crippen molar-refractivity contribution >= 4 is 44.7 Å². The van der Waals surface area contributed by atoms with Gasteiger partial charge in [-0.25, -0.2) is 13.4 Å². The predicted octanol–water partition coefficient (Wildman–Crippen LogP) is 4.15. The Morgan fingerprint density at radius 2 is 1.73 bits per heavy atom. The molecule has 0 atom stereocenters. The van der Waals surface area contributed by atoms with Crippen molar-refractivity contribution in [3.63, 3.8) is 0 Å². The van der Waals surface area contributed by atoms with Crippen molar-refractivity contribution < 1.29 is 17.9 Å². The van der Waals surface area contributed by atoms with E-state index in [2.05, 4.69) is 30.0 Å². The first-order valence-electron chi connectivity index (χ1n) is 10.6. The fourth-order valence-corrected chi connectivity index (χ4v) is 4.33. The third-order valence-corrected chi connectivity index (χ3v) is 6.63. The van der Waals surface area contributed by atoms with Gasteiger partial charge in [-0.3, -0.25) is 19.4 Å². The van der Waals surface area contributed by atoms with Crippen LogP contribution in [-0.4, -0.2) is 41.2 Å². The van der Waals surface area contributed by atoms with Gasteiger partial charge >= 0.3 is 5.56 Å². The number of rotatable bonds is 7. The van der Waals surface area contributed by atoms with Gasteiger partial charge in [0, 0.05) is 16.7 Å². The third kappa shape index (κ3) is 5.73. The first-order valence-corrected chi connectivity index (χ1v) is 12.5. The summed E-state index contributed by atoms with van der Waals surface area (Å²) in [7, 11) is -2.55. The standard InChI is InChI=1S/C23H20ClN7O5S/c1-13-21(23(33)31(29-13)22(32)15-4-6-16(24)7-5-15)28-27-17-8-10-18(11-9-17)37(34,35)30-19-12-20(36-3)26-14(2)25-19/h4-12,29H,1-3H3,(H,25,26,30). The first-order chi connectivity index (χ1) is 17.6. The Morgan fingerprint density at radius 3 is 2.38 bits per heavy atom. The van der Waals surface area contributed by atoms with Crippen LogP contribution < -0.4 is 15.0 Å². The van der Waals surface area contributed by atoms with E-state index in [1.165, 1.54) is 49.6 Å². The second-order valence-electron chi connectivity index (χ2n) is 7.68. The number of azo groups is 1. The number of aromatic amines is 1. The summed E-state index contributed by atoms with van der Waals surface area (Å²) in [4.78, 5) is 33.4. The van der Waals surface area contributed by atoms with Crippen LogP contribution >= 0.6 is 11.6 Å². The summed E-state index contributed by atoms with van der Waals surface area (Å²) in [5, 5.41) is 11.1. The number of methoxy groups -OCH3 is 1. The molecule has 0 aliphatic carbocycles. The van der Waals surface area contributed by atoms with Crippen molar-refractivity contribution in [2.24, 2.45) is 10.2 Å². The highest BCUT2D eigenvalue weighted by Crippen LogP contribution is 2.22. The highest BCUT2D eigenvalue weighted by atomic mass is 35.5. The number of benzene rings is 2. The number of nitrogens with zero attached hydrogens (tertiary/aromatic N) is 5. The van der Waals surface area contributed by atoms with E-state index >= 15 is 0 Å². The molecule has 37 heavy (non-hydrogen) atoms. The lowest BCUT2D eigenvalue weighted by atomic mass is 10.2. The zero-order chi connectivity index (χ0) is 26.7. The Morgan fingerprint density at radius 1 is 1.05 bits per heavy atom. The number of anilines is 1. The number of ether oxygens (including phenoxy) is 1. The maximum Gasteiger partial charge on any atom is 0.302 e. The van der Waals surface area contributed by atoms with Crippen LogP contribution in [0.4, 0.5) is 17.2 Å². The molecule has 2 heterocycles. The number of carbonyl (C=O) groups is 1. The second-order valence-corrected chi connectivity index (χ2v) is 9.80. The molecule has 0 unspecified atom stereocenters. The highest BCUT2D eigenvalue weighted by Gasteiger charge is 2.18. The van der Waals surface area contributed by atoms with Gasteiger partial charge in [-0.05, 0) is 62.4 Å². The second kappa shape index (κ2) is 10.3. The van der Waals surface area contributed by atoms with Gasteiger partial charge in [0.15, 0.2) is 5.69 Å². The predicted molar refractivity (Wildman–Crippen MR) is 136 cm³/mol. The zero-order valence-corrected chi connectivity index (χ0v) is 21.3. The van der Waals surface area contributed by atoms with Gasteiger partial charge in [-0.2, -0.15) is 14.8 Å². The lowest BCUT2D eigenvalue weighted by Gasteiger charge is -2.09. The van der Waals surface area contributed by atoms with Gasteiger partial charge in [-0.15, -0.1) is 5.11 Å². The molecule has 0 aliphatic rings. The summed E-state index contributed by atoms with van der Waals surface area (Å²) < 4.78 is 33.7. The fraction of sp³-hybridized carbons (Fsp3) is 0.130. The summed E-state index contributed by atoms with van der Waals surface area (Å²) in [6.45, 7) is 3.18. The number of aryl methyl sites for hydroxylation is 2. The Bertz CT molecular complexity index is 1660. The van der Waals surface area contributed by atoms with Crippen LogP contribution in [0.1, 0.15) is 21.9 Å². The average molecular weight is 542 g/mol. The molecule has 0 bridgehead atoms. The molecule has 0 spiro atoms. The number of hydrogen-bond acceptors (Lipinski definition) is 9. The minimum absolute atomic E-state index is 0.0459. The largest absolute Gasteiger partial charge is 0.481 e. The molecule has 2 N–H and O–H groups in total. The normalized spacial score (nSPS) is 11.6. The van der Waals surface area contributed by atoms with Crippen LogP contribution in [0, 0.1) is 13.8 Å². The van der Waals surface area contributed by atoms with Gasteiger partial charge < -0.3 is 4.74 Å². The van der Waals surface area contributed by atoms with E-state index < -0.39 is 21.5 Å². The Balaban J connectivity index is 1.53. The lowest BCUT2D eigenvalue weighted by Crippen LogP contribution is -2.25. The molecule has 2 aromatic heterocycles. The van der Waals surface area contributed by atoms with Crippen LogP contribution in [0.2, 0.25) is 5.02 Å². The zero-order valence-electron chi connectivity index (χ0n) is 19.8. The first kappa shape index (κ1) is 25.7. The van der Waals surface area contributed by atoms with E-state index in [4.69, 9.17) is 16.3 Å². The van der Waals surface area contributed by atoms with Crippen LogP contribution in [0.15, 0.2) is 74.5 Å². The van der Waals surface area contributed by atoms with Crippen molar-refractivity contribution in [3.05, 3.63) is 87.1 Å². The van der Waals surface area contributed by atoms with Crippen LogP contribution in [0.5, 0.6) is 5.88 Å². The number of aromatic nitrogens is 4. The molecule has 12 nitrogen and oxygen atoms in total. The molecular formula is C23H20ClN7O5S. The number of nitrogens with one attached hydrogen (secondary N) is 2. The van der Waals surface area contributed by atoms with E-state index in [-0.39, 0.29) is 33.5 Å². The van der Waals surface area contributed by atoms with Crippen molar-refractivity contribution in [2.75, 3.05) is 11.8 Å². The molecule has 0 saturated carbocycles. The van der Waals surface area contributed by atoms with Crippen molar-refractivity contribution in [1.82, 2.24) is 19.7 Å². The third-order valence-electron chi connectivity index (χ3n) is 5.01. The van der Waals surface area contributed by atoms with Crippen LogP contribution in [0.3, 0.4) is 0 Å². The minimum Gasteiger partial charge on any atom is -0.481 e. The molecule has 0 amide bonds. The quantitative estimate of drug-likeness (QED) is 0.332. The number of H-pyrrole nitrogens is 1. The van der Waals surface area contributed by atoms with E-state index in [1.54, 1.807) is 26.0 Å². The summed E-state index contributed by atoms with van der Waals surface area (Å²) in [6, 6.07) is 12.9. The Labute approximate surface area is 216 Å². The number of sulfonamides is 1. The van der Waals surface area contributed by atoms with Gasteiger partial charge in [0.25, 0.3) is 15.9 Å². The lowest BCUT2D eigenvalue weighted by molar-refractivity contribution is 0.0941. The fourth-order valence-electron chi connectivity index (χ4n) is 3.21. The van der Waals surface area contributed by atoms with Crippen LogP contribution in [0.25, 0.3) is 0 Å². The molecular weight excluding hydrogens is 522 g/mol. The van der Waals surface area contributed by atoms with Gasteiger partial charge in [0.1, 0.15) is 11.6 Å². The maximum absolute atomic E-state index is 12.7. The summed E-state index contributed by atoms with van der Waals surface area (Å²) in [5.41, 5.74) is 0.134. The smallest absolute Gasteiger partial charge is 0.302 e. The molecule has 0 aliphatic heterocycles. The molecule has 14 heteroatoms. The Hall–Kier alpha value is -4.36. The molecule has 2 aromatic carbocycles. The monoisotopic (exact) mass is 541 g/mol. The molecule has 0 fully saturated rings. The van der Waals surface area contributed by atoms with Gasteiger partial charge in [0.2, 0.25) is 5.88 Å². The van der Waals surface area contributed by atoms with Crippen molar-refractivity contribution in [1.29, 1.82) is 0 Å². The molecule has 0 saturated heterocycles. The van der Waals surface area contributed by atoms with E-state index in [9.17, 15) is 18.0 Å². The number of carbonyl (C=O) groups excluding carboxylic acids is 1. The summed E-state index contributed by atoms with van der Waals surface area (Å²) in [5.74, 6) is 0.0296. The average Bonchev–Trinajstić information content (AvgIpc) is 3.15. The molecule has 190 valence electrons. The highest BCUT2D eigenvalue weighted by molar-refractivity contribution is 7.92. The molecule has 4 rings (SSSR count). The van der Waals surface area contributed by atoms with E-state index in [0.717, 1.165) is 4.68 Å². The van der Waals surface area contributed by atoms with E-state index in [1.807, 2.05) is 0 Å². The van der Waals surface area contributed by atoms with Crippen molar-refractivity contribution in [2.45, 2.75) is 18.7 Å². The minimum atomic E-state index is -3.96. The number of hydrogen-bond donors (Lipinski definition) is 2. The Kier molecular flexibility index (Phi) is 7.18. The van der Waals surface area contributed by atoms with Gasteiger partial charge in [0.05, 0.1) is 23.4 Å². The van der Waals surface area contributed by atoms with Gasteiger partial charge in [-0.1, -0.05) is 11.6 Å². The molecule has 4 aromatic rings. The topological polar surface area (TPSA) is 161 Å². The van der Waals surface area contributed by atoms with Crippen LogP contribution in [-0.2, 0) is 10.0 Å². The number of halogens is 1. The van der Waals surface area contributed by atoms with E-state index in [0.29, 0.717) is 16.5 Å². The summed E-state index contributed by atoms with van der Waals surface area (Å²) in [6.07, 6.45) is 0.